The van der Waals surface area contributed by atoms with E-state index in [9.17, 15) is 4.39 Å². The Kier molecular flexibility index (Phi) is 4.08. The maximum absolute atomic E-state index is 13.7. The smallest absolute Gasteiger partial charge is 0.158 e. The van der Waals surface area contributed by atoms with Crippen LogP contribution in [0.1, 0.15) is 0 Å². The molecule has 0 fully saturated rings. The number of anilines is 1. The molecule has 2 aromatic heterocycles. The average Bonchev–Trinajstić information content (AvgIpc) is 3.27. The highest BCUT2D eigenvalue weighted by Gasteiger charge is 2.15. The predicted molar refractivity (Wildman–Crippen MR) is 115 cm³/mol. The molecule has 0 aliphatic rings. The first-order valence-corrected chi connectivity index (χ1v) is 10.2. The largest absolute Gasteiger partial charge is 0.337 e. The van der Waals surface area contributed by atoms with E-state index in [-0.39, 0.29) is 5.82 Å². The van der Waals surface area contributed by atoms with Gasteiger partial charge in [0.25, 0.3) is 0 Å². The molecule has 136 valence electrons. The van der Waals surface area contributed by atoms with Crippen LogP contribution in [-0.2, 0) is 0 Å². The lowest BCUT2D eigenvalue weighted by Crippen LogP contribution is -1.93. The van der Waals surface area contributed by atoms with Crippen LogP contribution in [0.4, 0.5) is 10.1 Å². The number of benzene rings is 2. The number of aromatic amines is 2. The summed E-state index contributed by atoms with van der Waals surface area (Å²) >= 11 is 0. The highest BCUT2D eigenvalue weighted by Crippen LogP contribution is 2.33. The van der Waals surface area contributed by atoms with Crippen molar-refractivity contribution in [2.45, 2.75) is 0 Å². The lowest BCUT2D eigenvalue weighted by atomic mass is 10.0. The molecule has 0 spiro atoms. The molecule has 2 aromatic carbocycles. The topological polar surface area (TPSA) is 69.4 Å². The number of aromatic nitrogens is 4. The first-order valence-electron chi connectivity index (χ1n) is 8.15. The van der Waals surface area contributed by atoms with Gasteiger partial charge in [-0.1, -0.05) is 42.6 Å². The summed E-state index contributed by atoms with van der Waals surface area (Å²) in [5.41, 5.74) is 4.66. The summed E-state index contributed by atoms with van der Waals surface area (Å²) in [6.07, 6.45) is 1.66. The van der Waals surface area contributed by atoms with E-state index >= 15 is 0 Å². The van der Waals surface area contributed by atoms with Crippen molar-refractivity contribution >= 4 is 37.9 Å². The molecule has 2 heterocycles. The van der Waals surface area contributed by atoms with Gasteiger partial charge < -0.3 is 9.71 Å². The maximum atomic E-state index is 13.7. The minimum absolute atomic E-state index is 0.282. The van der Waals surface area contributed by atoms with E-state index in [2.05, 4.69) is 38.2 Å². The Labute approximate surface area is 156 Å². The van der Waals surface area contributed by atoms with E-state index < -0.39 is 9.39 Å². The molecule has 4 rings (SSSR count). The number of fused-ring (bicyclic) bond motifs is 1. The van der Waals surface area contributed by atoms with Gasteiger partial charge in [-0.2, -0.15) is 5.10 Å². The normalized spacial score (nSPS) is 11.6. The number of nitrogens with zero attached hydrogens (tertiary/aromatic N) is 2. The van der Waals surface area contributed by atoms with E-state index in [0.717, 1.165) is 27.8 Å². The Morgan fingerprint density at radius 3 is 2.74 bits per heavy atom. The third-order valence-electron chi connectivity index (χ3n) is 4.16. The van der Waals surface area contributed by atoms with E-state index in [1.54, 1.807) is 17.7 Å². The third kappa shape index (κ3) is 3.24. The summed E-state index contributed by atoms with van der Waals surface area (Å²) in [4.78, 5) is 8.02. The molecular weight excluding hydrogens is 361 g/mol. The van der Waals surface area contributed by atoms with Crippen molar-refractivity contribution in [3.63, 3.8) is 0 Å². The molecule has 0 aliphatic heterocycles. The fourth-order valence-corrected chi connectivity index (χ4v) is 3.52. The van der Waals surface area contributed by atoms with E-state index in [1.807, 2.05) is 24.3 Å². The third-order valence-corrected chi connectivity index (χ3v) is 5.42. The second-order valence-electron chi connectivity index (χ2n) is 6.17. The van der Waals surface area contributed by atoms with Crippen molar-refractivity contribution in [2.24, 2.45) is 0 Å². The molecule has 0 atom stereocenters. The van der Waals surface area contributed by atoms with Crippen LogP contribution in [0.3, 0.4) is 0 Å². The molecule has 27 heavy (non-hydrogen) atoms. The number of nitrogens with one attached hydrogen (secondary N) is 3. The van der Waals surface area contributed by atoms with Gasteiger partial charge in [-0.25, -0.2) is 9.37 Å². The monoisotopic (exact) mass is 379 g/mol. The highest BCUT2D eigenvalue weighted by molar-refractivity contribution is 8.31. The van der Waals surface area contributed by atoms with E-state index in [1.165, 1.54) is 12.1 Å². The van der Waals surface area contributed by atoms with E-state index in [0.29, 0.717) is 11.5 Å². The molecule has 0 radical (unpaired) electrons. The summed E-state index contributed by atoms with van der Waals surface area (Å²) in [6, 6.07) is 12.2. The summed E-state index contributed by atoms with van der Waals surface area (Å²) in [7, 11) is -1.69. The van der Waals surface area contributed by atoms with Crippen molar-refractivity contribution in [1.82, 2.24) is 20.2 Å². The molecule has 3 N–H and O–H groups in total. The summed E-state index contributed by atoms with van der Waals surface area (Å²) < 4.78 is 16.9. The zero-order chi connectivity index (χ0) is 19.0. The zero-order valence-electron chi connectivity index (χ0n) is 14.5. The number of H-pyrrole nitrogens is 2. The van der Waals surface area contributed by atoms with Gasteiger partial charge in [-0.3, -0.25) is 5.10 Å². The van der Waals surface area contributed by atoms with Crippen molar-refractivity contribution in [3.8, 4) is 22.6 Å². The molecule has 0 amide bonds. The Morgan fingerprint density at radius 1 is 1.15 bits per heavy atom. The van der Waals surface area contributed by atoms with Gasteiger partial charge >= 0.3 is 0 Å². The minimum atomic E-state index is -1.69. The number of hydrogen-bond donors (Lipinski definition) is 3. The quantitative estimate of drug-likeness (QED) is 0.432. The molecule has 0 saturated carbocycles. The zero-order valence-corrected chi connectivity index (χ0v) is 15.3. The Balaban J connectivity index is 1.84. The van der Waals surface area contributed by atoms with Crippen molar-refractivity contribution in [2.75, 3.05) is 4.72 Å². The van der Waals surface area contributed by atoms with Gasteiger partial charge in [0.15, 0.2) is 5.82 Å². The fourth-order valence-electron chi connectivity index (χ4n) is 2.84. The van der Waals surface area contributed by atoms with Crippen LogP contribution in [0.5, 0.6) is 0 Å². The number of imidazole rings is 1. The van der Waals surface area contributed by atoms with Crippen LogP contribution >= 0.6 is 9.39 Å². The molecule has 4 aromatic rings. The Morgan fingerprint density at radius 2 is 1.96 bits per heavy atom. The van der Waals surface area contributed by atoms with Gasteiger partial charge in [0.05, 0.1) is 22.9 Å². The average molecular weight is 379 g/mol. The number of rotatable bonds is 5. The first-order chi connectivity index (χ1) is 13.0. The van der Waals surface area contributed by atoms with E-state index in [4.69, 9.17) is 4.98 Å². The van der Waals surface area contributed by atoms with Crippen LogP contribution < -0.4 is 4.72 Å². The van der Waals surface area contributed by atoms with Crippen LogP contribution in [0.2, 0.25) is 0 Å². The highest BCUT2D eigenvalue weighted by atomic mass is 32.2. The molecule has 0 bridgehead atoms. The summed E-state index contributed by atoms with van der Waals surface area (Å²) in [6.45, 7) is 3.77. The number of hydrogen-bond acceptors (Lipinski definition) is 3. The Hall–Kier alpha value is -3.32. The molecule has 7 heteroatoms. The molecule has 0 aliphatic carbocycles. The van der Waals surface area contributed by atoms with Crippen molar-refractivity contribution in [3.05, 3.63) is 66.5 Å². The number of para-hydroxylation sites is 1. The minimum Gasteiger partial charge on any atom is -0.337 e. The molecule has 0 saturated heterocycles. The lowest BCUT2D eigenvalue weighted by Gasteiger charge is -2.12. The number of halogens is 1. The second-order valence-corrected chi connectivity index (χ2v) is 8.59. The van der Waals surface area contributed by atoms with Crippen LogP contribution in [0.25, 0.3) is 33.7 Å². The maximum Gasteiger partial charge on any atom is 0.158 e. The van der Waals surface area contributed by atoms with Gasteiger partial charge in [0, 0.05) is 5.56 Å². The van der Waals surface area contributed by atoms with Gasteiger partial charge in [-0.05, 0) is 29.2 Å². The predicted octanol–water partition coefficient (Wildman–Crippen LogP) is 4.90. The van der Waals surface area contributed by atoms with Crippen LogP contribution in [0.15, 0.2) is 60.6 Å². The van der Waals surface area contributed by atoms with Gasteiger partial charge in [0.2, 0.25) is 0 Å². The summed E-state index contributed by atoms with van der Waals surface area (Å²) in [5.74, 6) is 8.41. The van der Waals surface area contributed by atoms with Crippen molar-refractivity contribution < 1.29 is 4.39 Å². The summed E-state index contributed by atoms with van der Waals surface area (Å²) in [5, 5.41) is 8.76. The van der Waals surface area contributed by atoms with Crippen molar-refractivity contribution in [1.29, 1.82) is 0 Å². The molecular formula is C20H18FN5S. The standard InChI is InChI=1S/C20H18FN5S/c1-4-27(2,3)26-17-12-22-25-19(17)20-23-16-10-6-9-15(18(16)24-20)13-7-5-8-14(21)11-13/h4-12,26H,1-3H2,(H,22,25)(H,23,24). The SMILES string of the molecule is C=CS(=C)(=C)Nc1cn[nH]c1-c1nc2c(-c3cccc(F)c3)cccc2[nH]1. The van der Waals surface area contributed by atoms with Crippen LogP contribution in [0, 0.1) is 5.82 Å². The van der Waals surface area contributed by atoms with Gasteiger partial charge in [0.1, 0.15) is 11.5 Å². The fraction of sp³-hybridized carbons (Fsp3) is 0. The molecule has 5 nitrogen and oxygen atoms in total. The lowest BCUT2D eigenvalue weighted by molar-refractivity contribution is 0.628. The second kappa shape index (κ2) is 6.44. The molecule has 0 unspecified atom stereocenters. The van der Waals surface area contributed by atoms with Gasteiger partial charge in [-0.15, -0.1) is 9.39 Å². The van der Waals surface area contributed by atoms with Crippen LogP contribution in [-0.4, -0.2) is 31.9 Å². The first kappa shape index (κ1) is 17.1. The Bertz CT molecular complexity index is 1250.